The van der Waals surface area contributed by atoms with Crippen LogP contribution < -0.4 is 4.74 Å². The van der Waals surface area contributed by atoms with Gasteiger partial charge in [0.25, 0.3) is 0 Å². The number of carbonyl (C=O) groups is 1. The molecule has 4 heteroatoms. The molecule has 2 N–H and O–H groups in total. The molecule has 0 aliphatic heterocycles. The van der Waals surface area contributed by atoms with Gasteiger partial charge in [-0.25, -0.2) is 4.79 Å². The van der Waals surface area contributed by atoms with Crippen molar-refractivity contribution in [1.82, 2.24) is 0 Å². The summed E-state index contributed by atoms with van der Waals surface area (Å²) in [5.74, 6) is -0.261. The minimum atomic E-state index is -1.02. The molecule has 0 saturated heterocycles. The monoisotopic (exact) mass is 252 g/mol. The van der Waals surface area contributed by atoms with E-state index in [0.717, 1.165) is 11.1 Å². The summed E-state index contributed by atoms with van der Waals surface area (Å²) in [5, 5.41) is 18.8. The molecule has 4 nitrogen and oxygen atoms in total. The van der Waals surface area contributed by atoms with E-state index in [2.05, 4.69) is 0 Å². The molecule has 1 aromatic rings. The van der Waals surface area contributed by atoms with Crippen LogP contribution >= 0.6 is 0 Å². The first-order chi connectivity index (χ1) is 8.25. The second-order valence-corrected chi connectivity index (χ2v) is 5.26. The number of phenols is 1. The van der Waals surface area contributed by atoms with Gasteiger partial charge in [-0.3, -0.25) is 0 Å². The Balaban J connectivity index is 3.18. The van der Waals surface area contributed by atoms with Gasteiger partial charge < -0.3 is 14.9 Å². The number of aliphatic carboxylic acids is 1. The minimum Gasteiger partial charge on any atom is -0.507 e. The minimum absolute atomic E-state index is 0.226. The Morgan fingerprint density at radius 1 is 1.33 bits per heavy atom. The summed E-state index contributed by atoms with van der Waals surface area (Å²) in [4.78, 5) is 10.5. The van der Waals surface area contributed by atoms with Crippen LogP contribution in [0.4, 0.5) is 0 Å². The van der Waals surface area contributed by atoms with Crippen LogP contribution in [-0.2, 0) is 16.6 Å². The van der Waals surface area contributed by atoms with Crippen LogP contribution in [0.2, 0.25) is 0 Å². The Kier molecular flexibility index (Phi) is 4.22. The zero-order valence-corrected chi connectivity index (χ0v) is 11.3. The zero-order valence-electron chi connectivity index (χ0n) is 11.3. The maximum absolute atomic E-state index is 10.5. The fourth-order valence-corrected chi connectivity index (χ4v) is 1.73. The van der Waals surface area contributed by atoms with Crippen molar-refractivity contribution in [2.75, 3.05) is 6.61 Å². The van der Waals surface area contributed by atoms with E-state index in [0.29, 0.717) is 12.2 Å². The summed E-state index contributed by atoms with van der Waals surface area (Å²) in [7, 11) is 0. The van der Waals surface area contributed by atoms with Crippen LogP contribution in [0, 0.1) is 0 Å². The van der Waals surface area contributed by atoms with Gasteiger partial charge in [0.1, 0.15) is 11.5 Å². The smallest absolute Gasteiger partial charge is 0.341 e. The van der Waals surface area contributed by atoms with Gasteiger partial charge in [0.15, 0.2) is 6.61 Å². The highest BCUT2D eigenvalue weighted by Crippen LogP contribution is 2.36. The molecule has 0 unspecified atom stereocenters. The van der Waals surface area contributed by atoms with Crippen LogP contribution in [-0.4, -0.2) is 22.8 Å². The molecule has 100 valence electrons. The first kappa shape index (κ1) is 14.4. The highest BCUT2D eigenvalue weighted by Gasteiger charge is 2.21. The third-order valence-corrected chi connectivity index (χ3v) is 2.71. The number of hydrogen-bond acceptors (Lipinski definition) is 3. The number of hydrogen-bond donors (Lipinski definition) is 2. The SMILES string of the molecule is CCc1cc(OCC(=O)O)cc(C(C)(C)C)c1O. The molecule has 0 saturated carbocycles. The second-order valence-electron chi connectivity index (χ2n) is 5.26. The third kappa shape index (κ3) is 3.39. The third-order valence-electron chi connectivity index (χ3n) is 2.71. The topological polar surface area (TPSA) is 66.8 Å². The van der Waals surface area contributed by atoms with Crippen LogP contribution in [0.5, 0.6) is 11.5 Å². The van der Waals surface area contributed by atoms with Gasteiger partial charge in [-0.05, 0) is 29.5 Å². The predicted octanol–water partition coefficient (Wildman–Crippen LogP) is 2.72. The van der Waals surface area contributed by atoms with E-state index in [1.54, 1.807) is 12.1 Å². The first-order valence-corrected chi connectivity index (χ1v) is 5.96. The van der Waals surface area contributed by atoms with Gasteiger partial charge in [0.2, 0.25) is 0 Å². The second kappa shape index (κ2) is 5.29. The van der Waals surface area contributed by atoms with Crippen molar-refractivity contribution in [1.29, 1.82) is 0 Å². The Hall–Kier alpha value is -1.71. The van der Waals surface area contributed by atoms with Crippen molar-refractivity contribution in [2.24, 2.45) is 0 Å². The molecule has 0 atom stereocenters. The molecule has 0 aliphatic carbocycles. The number of carboxylic acid groups (broad SMARTS) is 1. The molecule has 0 fully saturated rings. The van der Waals surface area contributed by atoms with Crippen LogP contribution in [0.25, 0.3) is 0 Å². The predicted molar refractivity (Wildman–Crippen MR) is 69.3 cm³/mol. The summed E-state index contributed by atoms with van der Waals surface area (Å²) < 4.78 is 5.19. The number of carboxylic acids is 1. The van der Waals surface area contributed by atoms with Crippen LogP contribution in [0.3, 0.4) is 0 Å². The molecule has 0 bridgehead atoms. The molecule has 0 heterocycles. The molecular weight excluding hydrogens is 232 g/mol. The molecule has 18 heavy (non-hydrogen) atoms. The molecule has 1 aromatic carbocycles. The molecule has 1 rings (SSSR count). The Morgan fingerprint density at radius 3 is 2.39 bits per heavy atom. The van der Waals surface area contributed by atoms with Crippen molar-refractivity contribution in [3.63, 3.8) is 0 Å². The Bertz CT molecular complexity index is 444. The quantitative estimate of drug-likeness (QED) is 0.864. The lowest BCUT2D eigenvalue weighted by molar-refractivity contribution is -0.139. The van der Waals surface area contributed by atoms with Gasteiger partial charge in [0, 0.05) is 5.56 Å². The maximum atomic E-state index is 10.5. The van der Waals surface area contributed by atoms with Gasteiger partial charge in [-0.1, -0.05) is 27.7 Å². The fraction of sp³-hybridized carbons (Fsp3) is 0.500. The lowest BCUT2D eigenvalue weighted by Gasteiger charge is -2.23. The summed E-state index contributed by atoms with van der Waals surface area (Å²) >= 11 is 0. The van der Waals surface area contributed by atoms with Crippen LogP contribution in [0.1, 0.15) is 38.8 Å². The van der Waals surface area contributed by atoms with E-state index in [9.17, 15) is 9.90 Å². The number of aromatic hydroxyl groups is 1. The van der Waals surface area contributed by atoms with E-state index in [4.69, 9.17) is 9.84 Å². The van der Waals surface area contributed by atoms with Crippen LogP contribution in [0.15, 0.2) is 12.1 Å². The zero-order chi connectivity index (χ0) is 13.9. The largest absolute Gasteiger partial charge is 0.507 e. The average Bonchev–Trinajstić information content (AvgIpc) is 2.25. The fourth-order valence-electron chi connectivity index (χ4n) is 1.73. The Morgan fingerprint density at radius 2 is 1.94 bits per heavy atom. The van der Waals surface area contributed by atoms with Gasteiger partial charge in [0.05, 0.1) is 0 Å². The summed E-state index contributed by atoms with van der Waals surface area (Å²) in [6.45, 7) is 7.52. The number of ether oxygens (including phenoxy) is 1. The van der Waals surface area contributed by atoms with Crippen molar-refractivity contribution in [3.8, 4) is 11.5 Å². The van der Waals surface area contributed by atoms with E-state index in [1.165, 1.54) is 0 Å². The number of phenolic OH excluding ortho intramolecular Hbond substituents is 1. The normalized spacial score (nSPS) is 11.3. The number of rotatable bonds is 4. The Labute approximate surface area is 107 Å². The van der Waals surface area contributed by atoms with Gasteiger partial charge in [-0.2, -0.15) is 0 Å². The van der Waals surface area contributed by atoms with Crippen molar-refractivity contribution in [3.05, 3.63) is 23.3 Å². The molecule has 0 amide bonds. The van der Waals surface area contributed by atoms with E-state index in [1.807, 2.05) is 27.7 Å². The molecule has 0 aromatic heterocycles. The number of benzene rings is 1. The standard InChI is InChI=1S/C14H20O4/c1-5-9-6-10(18-8-12(15)16)7-11(13(9)17)14(2,3)4/h6-7,17H,5,8H2,1-4H3,(H,15,16). The van der Waals surface area contributed by atoms with E-state index in [-0.39, 0.29) is 17.8 Å². The van der Waals surface area contributed by atoms with Crippen molar-refractivity contribution in [2.45, 2.75) is 39.5 Å². The van der Waals surface area contributed by atoms with E-state index < -0.39 is 5.97 Å². The highest BCUT2D eigenvalue weighted by molar-refractivity contribution is 5.68. The average molecular weight is 252 g/mol. The van der Waals surface area contributed by atoms with Gasteiger partial charge in [-0.15, -0.1) is 0 Å². The molecule has 0 aliphatic rings. The first-order valence-electron chi connectivity index (χ1n) is 5.96. The highest BCUT2D eigenvalue weighted by atomic mass is 16.5. The molecular formula is C14H20O4. The lowest BCUT2D eigenvalue weighted by Crippen LogP contribution is -2.14. The number of aryl methyl sites for hydroxylation is 1. The lowest BCUT2D eigenvalue weighted by atomic mass is 9.84. The summed E-state index contributed by atoms with van der Waals surface area (Å²) in [6.07, 6.45) is 0.666. The summed E-state index contributed by atoms with van der Waals surface area (Å²) in [6, 6.07) is 3.39. The van der Waals surface area contributed by atoms with Crippen molar-refractivity contribution >= 4 is 5.97 Å². The molecule has 0 radical (unpaired) electrons. The van der Waals surface area contributed by atoms with Gasteiger partial charge >= 0.3 is 5.97 Å². The summed E-state index contributed by atoms with van der Waals surface area (Å²) in [5.41, 5.74) is 1.31. The van der Waals surface area contributed by atoms with Crippen molar-refractivity contribution < 1.29 is 19.7 Å². The maximum Gasteiger partial charge on any atom is 0.341 e. The molecule has 0 spiro atoms. The van der Waals surface area contributed by atoms with E-state index >= 15 is 0 Å².